The van der Waals surface area contributed by atoms with E-state index >= 15 is 0 Å². The van der Waals surface area contributed by atoms with Crippen molar-refractivity contribution in [2.45, 2.75) is 207 Å². The van der Waals surface area contributed by atoms with Gasteiger partial charge >= 0.3 is 17.9 Å². The number of carbonyl (C=O) groups excluding carboxylic acids is 3. The van der Waals surface area contributed by atoms with Crippen LogP contribution in [0.1, 0.15) is 201 Å². The Balaban J connectivity index is 4.50. The molecule has 0 aliphatic rings. The summed E-state index contributed by atoms with van der Waals surface area (Å²) in [5, 5.41) is 0. The SMILES string of the molecule is CC/C=C/C=C/C=C/C=C/CCCCCC(=O)OC(COC(=O)CCCCC/C=C/CCCCCCCC)COC(=O)CCCCCCCCC/C=C/C=C/C=C/CC. The van der Waals surface area contributed by atoms with Crippen molar-refractivity contribution < 1.29 is 28.6 Å². The first-order valence-corrected chi connectivity index (χ1v) is 23.8. The minimum Gasteiger partial charge on any atom is -0.462 e. The van der Waals surface area contributed by atoms with Crippen LogP contribution in [0, 0.1) is 0 Å². The van der Waals surface area contributed by atoms with Gasteiger partial charge in [0, 0.05) is 19.3 Å². The predicted octanol–water partition coefficient (Wildman–Crippen LogP) is 15.4. The summed E-state index contributed by atoms with van der Waals surface area (Å²) in [6, 6.07) is 0. The maximum absolute atomic E-state index is 12.7. The summed E-state index contributed by atoms with van der Waals surface area (Å²) in [6.45, 7) is 6.28. The molecule has 0 radical (unpaired) electrons. The zero-order chi connectivity index (χ0) is 43.0. The van der Waals surface area contributed by atoms with Crippen LogP contribution in [0.15, 0.2) is 97.2 Å². The van der Waals surface area contributed by atoms with Crippen LogP contribution < -0.4 is 0 Å². The number of rotatable bonds is 41. The molecule has 0 aliphatic heterocycles. The topological polar surface area (TPSA) is 78.9 Å². The van der Waals surface area contributed by atoms with Crippen molar-refractivity contribution >= 4 is 17.9 Å². The van der Waals surface area contributed by atoms with E-state index < -0.39 is 6.10 Å². The largest absolute Gasteiger partial charge is 0.462 e. The van der Waals surface area contributed by atoms with Crippen molar-refractivity contribution in [3.8, 4) is 0 Å². The molecule has 0 spiro atoms. The van der Waals surface area contributed by atoms with E-state index in [1.165, 1.54) is 64.2 Å². The lowest BCUT2D eigenvalue weighted by molar-refractivity contribution is -0.167. The first-order chi connectivity index (χ1) is 29.0. The van der Waals surface area contributed by atoms with E-state index in [0.29, 0.717) is 19.3 Å². The Morgan fingerprint density at radius 3 is 1.10 bits per heavy atom. The van der Waals surface area contributed by atoms with Crippen molar-refractivity contribution in [3.05, 3.63) is 97.2 Å². The van der Waals surface area contributed by atoms with Crippen LogP contribution in [0.4, 0.5) is 0 Å². The third kappa shape index (κ3) is 45.3. The Morgan fingerprint density at radius 2 is 0.678 bits per heavy atom. The third-order valence-corrected chi connectivity index (χ3v) is 9.71. The molecule has 0 rings (SSSR count). The molecule has 0 N–H and O–H groups in total. The predicted molar refractivity (Wildman–Crippen MR) is 251 cm³/mol. The third-order valence-electron chi connectivity index (χ3n) is 9.71. The van der Waals surface area contributed by atoms with Gasteiger partial charge in [0.2, 0.25) is 0 Å². The quantitative estimate of drug-likeness (QED) is 0.0201. The molecule has 1 atom stereocenters. The second-order valence-corrected chi connectivity index (χ2v) is 15.4. The fourth-order valence-electron chi connectivity index (χ4n) is 6.15. The number of carbonyl (C=O) groups is 3. The number of unbranched alkanes of at least 4 members (excludes halogenated alkanes) is 19. The van der Waals surface area contributed by atoms with Crippen LogP contribution in [0.3, 0.4) is 0 Å². The first kappa shape index (κ1) is 55.3. The monoisotopic (exact) mass is 819 g/mol. The summed E-state index contributed by atoms with van der Waals surface area (Å²) < 4.78 is 16.7. The molecule has 6 heteroatoms. The summed E-state index contributed by atoms with van der Waals surface area (Å²) >= 11 is 0. The van der Waals surface area contributed by atoms with Gasteiger partial charge in [0.15, 0.2) is 6.10 Å². The number of ether oxygens (including phenoxy) is 3. The standard InChI is InChI=1S/C53H86O6/c1-4-7-10-13-16-19-22-25-26-29-31-34-37-40-43-46-52(55)58-49-50(59-53(56)47-44-41-38-35-32-28-24-21-18-15-12-9-6-3)48-57-51(54)45-42-39-36-33-30-27-23-20-17-14-11-8-5-2/h7,9-10,12-13,15-16,18-19,21-22,24,27-28,30,32,50H,4-6,8,11,14,17,20,23,25-26,29,31,33-49H2,1-3H3/b10-7+,12-9+,16-13+,18-15+,22-19+,24-21+,30-27+,32-28+. The van der Waals surface area contributed by atoms with Gasteiger partial charge in [-0.05, 0) is 83.5 Å². The van der Waals surface area contributed by atoms with Crippen molar-refractivity contribution in [1.82, 2.24) is 0 Å². The van der Waals surface area contributed by atoms with Gasteiger partial charge in [0.05, 0.1) is 0 Å². The summed E-state index contributed by atoms with van der Waals surface area (Å²) in [7, 11) is 0. The maximum atomic E-state index is 12.7. The fraction of sp³-hybridized carbons (Fsp3) is 0.642. The van der Waals surface area contributed by atoms with Crippen molar-refractivity contribution in [3.63, 3.8) is 0 Å². The number of hydrogen-bond acceptors (Lipinski definition) is 6. The molecule has 0 saturated heterocycles. The molecule has 0 fully saturated rings. The van der Waals surface area contributed by atoms with Crippen molar-refractivity contribution in [1.29, 1.82) is 0 Å². The van der Waals surface area contributed by atoms with Gasteiger partial charge in [0.25, 0.3) is 0 Å². The second-order valence-electron chi connectivity index (χ2n) is 15.4. The molecule has 0 aromatic rings. The lowest BCUT2D eigenvalue weighted by atomic mass is 10.1. The van der Waals surface area contributed by atoms with Crippen LogP contribution in [0.2, 0.25) is 0 Å². The van der Waals surface area contributed by atoms with Crippen LogP contribution in [-0.4, -0.2) is 37.2 Å². The van der Waals surface area contributed by atoms with Crippen LogP contribution in [0.25, 0.3) is 0 Å². The van der Waals surface area contributed by atoms with Crippen molar-refractivity contribution in [2.24, 2.45) is 0 Å². The Hall–Kier alpha value is -3.67. The number of allylic oxidation sites excluding steroid dienone is 16. The highest BCUT2D eigenvalue weighted by Crippen LogP contribution is 2.13. The van der Waals surface area contributed by atoms with E-state index in [1.54, 1.807) is 0 Å². The van der Waals surface area contributed by atoms with Gasteiger partial charge in [-0.25, -0.2) is 0 Å². The van der Waals surface area contributed by atoms with E-state index in [2.05, 4.69) is 81.5 Å². The highest BCUT2D eigenvalue weighted by molar-refractivity contribution is 5.71. The van der Waals surface area contributed by atoms with Gasteiger partial charge < -0.3 is 14.2 Å². The maximum Gasteiger partial charge on any atom is 0.306 e. The van der Waals surface area contributed by atoms with Gasteiger partial charge in [-0.2, -0.15) is 0 Å². The van der Waals surface area contributed by atoms with Crippen LogP contribution in [0.5, 0.6) is 0 Å². The fourth-order valence-corrected chi connectivity index (χ4v) is 6.15. The van der Waals surface area contributed by atoms with Gasteiger partial charge in [-0.15, -0.1) is 0 Å². The lowest BCUT2D eigenvalue weighted by Gasteiger charge is -2.18. The van der Waals surface area contributed by atoms with Gasteiger partial charge in [-0.3, -0.25) is 14.4 Å². The Morgan fingerprint density at radius 1 is 0.356 bits per heavy atom. The van der Waals surface area contributed by atoms with Crippen LogP contribution >= 0.6 is 0 Å². The van der Waals surface area contributed by atoms with E-state index in [0.717, 1.165) is 89.9 Å². The molecular weight excluding hydrogens is 733 g/mol. The molecule has 0 amide bonds. The Labute approximate surface area is 362 Å². The minimum absolute atomic E-state index is 0.106. The summed E-state index contributed by atoms with van der Waals surface area (Å²) in [5.74, 6) is -0.981. The van der Waals surface area contributed by atoms with E-state index in [9.17, 15) is 14.4 Å². The Bertz CT molecular complexity index is 1220. The minimum atomic E-state index is -0.808. The lowest BCUT2D eigenvalue weighted by Crippen LogP contribution is -2.30. The van der Waals surface area contributed by atoms with Gasteiger partial charge in [-0.1, -0.05) is 195 Å². The van der Waals surface area contributed by atoms with Crippen LogP contribution in [-0.2, 0) is 28.6 Å². The van der Waals surface area contributed by atoms with Gasteiger partial charge in [0.1, 0.15) is 13.2 Å². The molecule has 1 unspecified atom stereocenters. The number of esters is 3. The summed E-state index contributed by atoms with van der Waals surface area (Å²) in [5.41, 5.74) is 0. The van der Waals surface area contributed by atoms with E-state index in [1.807, 2.05) is 36.5 Å². The zero-order valence-electron chi connectivity index (χ0n) is 38.0. The average Bonchev–Trinajstić information content (AvgIpc) is 3.23. The summed E-state index contributed by atoms with van der Waals surface area (Å²) in [4.78, 5) is 37.8. The highest BCUT2D eigenvalue weighted by Gasteiger charge is 2.19. The highest BCUT2D eigenvalue weighted by atomic mass is 16.6. The second kappa shape index (κ2) is 47.0. The molecule has 59 heavy (non-hydrogen) atoms. The molecule has 0 aliphatic carbocycles. The molecule has 0 aromatic heterocycles. The van der Waals surface area contributed by atoms with E-state index in [4.69, 9.17) is 14.2 Å². The zero-order valence-corrected chi connectivity index (χ0v) is 38.0. The average molecular weight is 819 g/mol. The molecule has 0 aromatic carbocycles. The summed E-state index contributed by atoms with van der Waals surface area (Å²) in [6.07, 6.45) is 61.0. The normalized spacial score (nSPS) is 12.9. The number of hydrogen-bond donors (Lipinski definition) is 0. The smallest absolute Gasteiger partial charge is 0.306 e. The molecule has 0 heterocycles. The van der Waals surface area contributed by atoms with E-state index in [-0.39, 0.29) is 37.5 Å². The molecule has 334 valence electrons. The molecule has 6 nitrogen and oxygen atoms in total. The van der Waals surface area contributed by atoms with Crippen molar-refractivity contribution in [2.75, 3.05) is 13.2 Å². The molecular formula is C53H86O6. The Kier molecular flexibility index (Phi) is 44.1. The molecule has 0 saturated carbocycles. The first-order valence-electron chi connectivity index (χ1n) is 23.8. The molecule has 0 bridgehead atoms.